The van der Waals surface area contributed by atoms with Crippen LogP contribution in [-0.2, 0) is 0 Å². The summed E-state index contributed by atoms with van der Waals surface area (Å²) in [5, 5.41) is 0. The van der Waals surface area contributed by atoms with Gasteiger partial charge in [0.2, 0.25) is 0 Å². The summed E-state index contributed by atoms with van der Waals surface area (Å²) in [6.07, 6.45) is 10.2. The van der Waals surface area contributed by atoms with Crippen LogP contribution in [0.5, 0.6) is 0 Å². The second-order valence-electron chi connectivity index (χ2n) is 5.78. The molecule has 92 valence electrons. The van der Waals surface area contributed by atoms with E-state index in [0.29, 0.717) is 0 Å². The number of hydrogen-bond donors (Lipinski definition) is 0. The van der Waals surface area contributed by atoms with Gasteiger partial charge in [-0.15, -0.1) is 0 Å². The Labute approximate surface area is 109 Å². The maximum atomic E-state index is 2.53. The van der Waals surface area contributed by atoms with Gasteiger partial charge < -0.3 is 4.90 Å². The molecule has 0 spiro atoms. The quantitative estimate of drug-likeness (QED) is 0.674. The minimum atomic E-state index is 0.762. The fourth-order valence-corrected chi connectivity index (χ4v) is 3.90. The van der Waals surface area contributed by atoms with Gasteiger partial charge in [0.25, 0.3) is 0 Å². The molecule has 1 fully saturated rings. The summed E-state index contributed by atoms with van der Waals surface area (Å²) in [5.41, 5.74) is 3.11. The van der Waals surface area contributed by atoms with E-state index in [1.807, 2.05) is 0 Å². The predicted molar refractivity (Wildman–Crippen MR) is 75.6 cm³/mol. The third-order valence-corrected chi connectivity index (χ3v) is 4.86. The maximum Gasteiger partial charge on any atom is 0.0369 e. The van der Waals surface area contributed by atoms with Crippen molar-refractivity contribution in [3.8, 4) is 0 Å². The first-order chi connectivity index (χ1) is 8.92. The van der Waals surface area contributed by atoms with Crippen LogP contribution in [0.4, 0.5) is 5.69 Å². The van der Waals surface area contributed by atoms with Crippen molar-refractivity contribution in [1.29, 1.82) is 0 Å². The molecule has 0 amide bonds. The number of benzene rings is 1. The number of allylic oxidation sites excluding steroid dienone is 2. The second kappa shape index (κ2) is 4.01. The van der Waals surface area contributed by atoms with Gasteiger partial charge in [-0.3, -0.25) is 0 Å². The number of anilines is 1. The van der Waals surface area contributed by atoms with E-state index in [2.05, 4.69) is 53.5 Å². The van der Waals surface area contributed by atoms with E-state index in [1.165, 1.54) is 25.1 Å². The average Bonchev–Trinajstić information content (AvgIpc) is 2.49. The van der Waals surface area contributed by atoms with E-state index in [4.69, 9.17) is 0 Å². The van der Waals surface area contributed by atoms with Crippen molar-refractivity contribution in [3.63, 3.8) is 0 Å². The zero-order chi connectivity index (χ0) is 11.9. The summed E-state index contributed by atoms with van der Waals surface area (Å²) in [6, 6.07) is 10.8. The molecule has 2 bridgehead atoms. The molecule has 1 aliphatic heterocycles. The Morgan fingerprint density at radius 3 is 2.67 bits per heavy atom. The van der Waals surface area contributed by atoms with Crippen molar-refractivity contribution in [2.24, 2.45) is 17.8 Å². The Morgan fingerprint density at radius 1 is 1.00 bits per heavy atom. The Balaban J connectivity index is 1.64. The normalized spacial score (nSPS) is 33.2. The van der Waals surface area contributed by atoms with E-state index >= 15 is 0 Å². The first-order valence-electron chi connectivity index (χ1n) is 7.10. The van der Waals surface area contributed by atoms with Gasteiger partial charge in [-0.25, -0.2) is 0 Å². The zero-order valence-electron chi connectivity index (χ0n) is 10.6. The van der Waals surface area contributed by atoms with Crippen molar-refractivity contribution in [1.82, 2.24) is 0 Å². The molecule has 3 atom stereocenters. The average molecular weight is 237 g/mol. The molecule has 4 aliphatic rings. The summed E-state index contributed by atoms with van der Waals surface area (Å²) in [7, 11) is 0. The second-order valence-corrected chi connectivity index (χ2v) is 5.78. The van der Waals surface area contributed by atoms with Crippen molar-refractivity contribution < 1.29 is 0 Å². The highest BCUT2D eigenvalue weighted by molar-refractivity contribution is 5.49. The molecular formula is C17H19N. The molecule has 5 rings (SSSR count). The molecule has 1 nitrogen and oxygen atoms in total. The van der Waals surface area contributed by atoms with Gasteiger partial charge in [-0.1, -0.05) is 42.0 Å². The van der Waals surface area contributed by atoms with Crippen LogP contribution in [0.1, 0.15) is 12.8 Å². The Bertz CT molecular complexity index is 500. The predicted octanol–water partition coefficient (Wildman–Crippen LogP) is 3.65. The van der Waals surface area contributed by atoms with Crippen molar-refractivity contribution in [2.45, 2.75) is 12.8 Å². The third kappa shape index (κ3) is 1.53. The van der Waals surface area contributed by atoms with Crippen LogP contribution in [0.2, 0.25) is 0 Å². The topological polar surface area (TPSA) is 3.24 Å². The molecule has 0 saturated heterocycles. The van der Waals surface area contributed by atoms with Crippen LogP contribution in [0, 0.1) is 17.8 Å². The lowest BCUT2D eigenvalue weighted by atomic mass is 9.64. The zero-order valence-corrected chi connectivity index (χ0v) is 10.6. The summed E-state index contributed by atoms with van der Waals surface area (Å²) in [5.74, 6) is 2.34. The first-order valence-corrected chi connectivity index (χ1v) is 7.10. The fraction of sp³-hybridized carbons (Fsp3) is 0.412. The Kier molecular flexibility index (Phi) is 2.32. The van der Waals surface area contributed by atoms with Gasteiger partial charge in [0, 0.05) is 24.7 Å². The van der Waals surface area contributed by atoms with Crippen molar-refractivity contribution in [3.05, 3.63) is 54.1 Å². The summed E-state index contributed by atoms with van der Waals surface area (Å²) in [4.78, 5) is 2.53. The summed E-state index contributed by atoms with van der Waals surface area (Å²) >= 11 is 0. The van der Waals surface area contributed by atoms with Gasteiger partial charge in [0.1, 0.15) is 0 Å². The molecule has 1 aromatic rings. The Morgan fingerprint density at radius 2 is 1.89 bits per heavy atom. The minimum Gasteiger partial charge on any atom is -0.367 e. The Hall–Kier alpha value is -1.50. The highest BCUT2D eigenvalue weighted by atomic mass is 15.1. The molecule has 0 aromatic heterocycles. The van der Waals surface area contributed by atoms with E-state index in [9.17, 15) is 0 Å². The molecule has 3 aliphatic carbocycles. The smallest absolute Gasteiger partial charge is 0.0369 e. The van der Waals surface area contributed by atoms with Gasteiger partial charge in [0.15, 0.2) is 0 Å². The highest BCUT2D eigenvalue weighted by Gasteiger charge is 2.38. The largest absolute Gasteiger partial charge is 0.367 e. The summed E-state index contributed by atoms with van der Waals surface area (Å²) < 4.78 is 0. The number of fused-ring (bicyclic) bond motifs is 1. The van der Waals surface area contributed by atoms with Crippen molar-refractivity contribution in [2.75, 3.05) is 18.0 Å². The highest BCUT2D eigenvalue weighted by Crippen LogP contribution is 2.46. The van der Waals surface area contributed by atoms with E-state index in [-0.39, 0.29) is 0 Å². The van der Waals surface area contributed by atoms with Crippen LogP contribution in [-0.4, -0.2) is 13.1 Å². The van der Waals surface area contributed by atoms with E-state index in [1.54, 1.807) is 5.57 Å². The van der Waals surface area contributed by atoms with Crippen LogP contribution in [0.15, 0.2) is 54.1 Å². The first kappa shape index (κ1) is 10.4. The lowest BCUT2D eigenvalue weighted by Gasteiger charge is -2.46. The lowest BCUT2D eigenvalue weighted by molar-refractivity contribution is 0.298. The number of nitrogens with zero attached hydrogens (tertiary/aromatic N) is 1. The molecule has 18 heavy (non-hydrogen) atoms. The molecule has 1 heterocycles. The molecule has 0 unspecified atom stereocenters. The molecule has 0 radical (unpaired) electrons. The monoisotopic (exact) mass is 237 g/mol. The SMILES string of the molecule is C1=C[C@H]2CC[C@@H]1[C@@H]1CN(c3ccccc3)CC=C12. The summed E-state index contributed by atoms with van der Waals surface area (Å²) in [6.45, 7) is 2.30. The van der Waals surface area contributed by atoms with Crippen LogP contribution in [0.25, 0.3) is 0 Å². The third-order valence-electron chi connectivity index (χ3n) is 4.86. The van der Waals surface area contributed by atoms with E-state index < -0.39 is 0 Å². The van der Waals surface area contributed by atoms with Gasteiger partial charge in [-0.05, 0) is 36.8 Å². The molecule has 1 aromatic carbocycles. The van der Waals surface area contributed by atoms with Gasteiger partial charge in [-0.2, -0.15) is 0 Å². The molecule has 1 heteroatoms. The maximum absolute atomic E-state index is 2.53. The van der Waals surface area contributed by atoms with Gasteiger partial charge in [0.05, 0.1) is 0 Å². The number of para-hydroxylation sites is 1. The van der Waals surface area contributed by atoms with Gasteiger partial charge >= 0.3 is 0 Å². The van der Waals surface area contributed by atoms with Crippen LogP contribution >= 0.6 is 0 Å². The standard InChI is InChI=1S/C17H19N/c1-2-4-15(5-3-1)18-11-10-16-13-6-8-14(9-7-13)17(16)12-18/h1-6,8,10,13-14,17H,7,9,11-12H2/t13-,14+,17-/m0/s1. The van der Waals surface area contributed by atoms with Crippen LogP contribution < -0.4 is 4.90 Å². The molecular weight excluding hydrogens is 218 g/mol. The lowest BCUT2D eigenvalue weighted by Crippen LogP contribution is -2.43. The van der Waals surface area contributed by atoms with Crippen molar-refractivity contribution >= 4 is 5.69 Å². The van der Waals surface area contributed by atoms with Crippen LogP contribution in [0.3, 0.4) is 0 Å². The fourth-order valence-electron chi connectivity index (χ4n) is 3.90. The van der Waals surface area contributed by atoms with E-state index in [0.717, 1.165) is 24.3 Å². The molecule has 1 saturated carbocycles. The number of rotatable bonds is 1. The minimum absolute atomic E-state index is 0.762. The number of hydrogen-bond acceptors (Lipinski definition) is 1. The molecule has 0 N–H and O–H groups in total.